The molecule has 1 fully saturated rings. The van der Waals surface area contributed by atoms with Gasteiger partial charge in [0.2, 0.25) is 0 Å². The van der Waals surface area contributed by atoms with E-state index in [0.29, 0.717) is 19.2 Å². The van der Waals surface area contributed by atoms with E-state index in [1.165, 1.54) is 0 Å². The second-order valence-corrected chi connectivity index (χ2v) is 5.20. The zero-order valence-corrected chi connectivity index (χ0v) is 11.9. The second-order valence-electron chi connectivity index (χ2n) is 5.20. The van der Waals surface area contributed by atoms with Crippen LogP contribution in [0.25, 0.3) is 0 Å². The third kappa shape index (κ3) is 3.16. The maximum Gasteiger partial charge on any atom is 0.270 e. The molecule has 2 rings (SSSR count). The zero-order chi connectivity index (χ0) is 13.8. The number of nitrogens with zero attached hydrogens (tertiary/aromatic N) is 2. The monoisotopic (exact) mass is 265 g/mol. The largest absolute Gasteiger partial charge is 0.383 e. The van der Waals surface area contributed by atoms with Crippen LogP contribution in [-0.4, -0.2) is 54.3 Å². The predicted octanol–water partition coefficient (Wildman–Crippen LogP) is 0.957. The normalized spacial score (nSPS) is 23.6. The minimum atomic E-state index is 0.113. The van der Waals surface area contributed by atoms with E-state index in [1.807, 2.05) is 27.8 Å². The Kier molecular flexibility index (Phi) is 4.61. The van der Waals surface area contributed by atoms with Crippen LogP contribution >= 0.6 is 0 Å². The molecule has 5 heteroatoms. The Balaban J connectivity index is 2.12. The molecule has 1 aliphatic rings. The number of methoxy groups -OCH3 is 1. The van der Waals surface area contributed by atoms with Gasteiger partial charge in [-0.2, -0.15) is 0 Å². The van der Waals surface area contributed by atoms with Gasteiger partial charge in [0.15, 0.2) is 0 Å². The Labute approximate surface area is 114 Å². The van der Waals surface area contributed by atoms with Crippen molar-refractivity contribution in [2.75, 3.05) is 26.8 Å². The number of nitrogens with one attached hydrogen (secondary N) is 1. The summed E-state index contributed by atoms with van der Waals surface area (Å²) >= 11 is 0. The van der Waals surface area contributed by atoms with Crippen molar-refractivity contribution in [1.29, 1.82) is 0 Å². The Morgan fingerprint density at radius 1 is 1.53 bits per heavy atom. The molecule has 5 nitrogen and oxygen atoms in total. The van der Waals surface area contributed by atoms with Crippen LogP contribution in [0, 0.1) is 0 Å². The van der Waals surface area contributed by atoms with E-state index in [1.54, 1.807) is 7.11 Å². The number of rotatable bonds is 4. The fourth-order valence-corrected chi connectivity index (χ4v) is 2.44. The van der Waals surface area contributed by atoms with Crippen LogP contribution in [0.3, 0.4) is 0 Å². The van der Waals surface area contributed by atoms with Gasteiger partial charge in [0.05, 0.1) is 6.61 Å². The lowest BCUT2D eigenvalue weighted by molar-refractivity contribution is 0.0603. The highest BCUT2D eigenvalue weighted by Gasteiger charge is 2.28. The van der Waals surface area contributed by atoms with Gasteiger partial charge in [-0.05, 0) is 26.0 Å². The minimum absolute atomic E-state index is 0.113. The lowest BCUT2D eigenvalue weighted by Gasteiger charge is -2.37. The molecule has 0 aliphatic carbocycles. The molecule has 1 aromatic rings. The third-order valence-corrected chi connectivity index (χ3v) is 3.61. The van der Waals surface area contributed by atoms with Gasteiger partial charge < -0.3 is 19.5 Å². The standard InChI is InChI=1S/C14H23N3O2/c1-11-10-17(12(2)9-15-11)14(18)13-5-4-6-16(13)7-8-19-3/h4-6,11-12,15H,7-10H2,1-3H3. The van der Waals surface area contributed by atoms with Gasteiger partial charge in [-0.25, -0.2) is 0 Å². The Hall–Kier alpha value is -1.33. The Bertz CT molecular complexity index is 430. The van der Waals surface area contributed by atoms with E-state index in [-0.39, 0.29) is 11.9 Å². The highest BCUT2D eigenvalue weighted by atomic mass is 16.5. The Morgan fingerprint density at radius 3 is 3.05 bits per heavy atom. The summed E-state index contributed by atoms with van der Waals surface area (Å²) < 4.78 is 7.04. The van der Waals surface area contributed by atoms with E-state index in [4.69, 9.17) is 4.74 Å². The molecular formula is C14H23N3O2. The molecule has 0 spiro atoms. The zero-order valence-electron chi connectivity index (χ0n) is 11.9. The van der Waals surface area contributed by atoms with Gasteiger partial charge in [-0.15, -0.1) is 0 Å². The fourth-order valence-electron chi connectivity index (χ4n) is 2.44. The molecular weight excluding hydrogens is 242 g/mol. The first-order valence-electron chi connectivity index (χ1n) is 6.82. The van der Waals surface area contributed by atoms with E-state index in [0.717, 1.165) is 18.8 Å². The molecule has 1 amide bonds. The number of carbonyl (C=O) groups excluding carboxylic acids is 1. The van der Waals surface area contributed by atoms with Gasteiger partial charge in [0, 0.05) is 45.0 Å². The van der Waals surface area contributed by atoms with Crippen molar-refractivity contribution in [2.45, 2.75) is 32.5 Å². The smallest absolute Gasteiger partial charge is 0.270 e. The molecule has 1 saturated heterocycles. The second kappa shape index (κ2) is 6.21. The maximum absolute atomic E-state index is 12.6. The molecule has 0 saturated carbocycles. The highest BCUT2D eigenvalue weighted by Crippen LogP contribution is 2.13. The predicted molar refractivity (Wildman–Crippen MR) is 74.3 cm³/mol. The van der Waals surface area contributed by atoms with Crippen molar-refractivity contribution >= 4 is 5.91 Å². The summed E-state index contributed by atoms with van der Waals surface area (Å²) in [5, 5.41) is 3.39. The average molecular weight is 265 g/mol. The third-order valence-electron chi connectivity index (χ3n) is 3.61. The van der Waals surface area contributed by atoms with Crippen molar-refractivity contribution in [1.82, 2.24) is 14.8 Å². The summed E-state index contributed by atoms with van der Waals surface area (Å²) in [6.07, 6.45) is 1.93. The van der Waals surface area contributed by atoms with E-state index >= 15 is 0 Å². The Morgan fingerprint density at radius 2 is 2.32 bits per heavy atom. The van der Waals surface area contributed by atoms with Crippen molar-refractivity contribution in [2.24, 2.45) is 0 Å². The molecule has 106 valence electrons. The van der Waals surface area contributed by atoms with Crippen molar-refractivity contribution < 1.29 is 9.53 Å². The van der Waals surface area contributed by atoms with Crippen molar-refractivity contribution in [3.05, 3.63) is 24.0 Å². The van der Waals surface area contributed by atoms with Crippen LogP contribution in [0.4, 0.5) is 0 Å². The SMILES string of the molecule is COCCn1cccc1C(=O)N1CC(C)NCC1C. The molecule has 1 aromatic heterocycles. The van der Waals surface area contributed by atoms with Crippen LogP contribution < -0.4 is 5.32 Å². The quantitative estimate of drug-likeness (QED) is 0.882. The van der Waals surface area contributed by atoms with Gasteiger partial charge in [-0.1, -0.05) is 0 Å². The first kappa shape index (κ1) is 14.1. The lowest BCUT2D eigenvalue weighted by Crippen LogP contribution is -2.56. The molecule has 1 N–H and O–H groups in total. The van der Waals surface area contributed by atoms with E-state index < -0.39 is 0 Å². The van der Waals surface area contributed by atoms with Crippen LogP contribution in [0.2, 0.25) is 0 Å². The van der Waals surface area contributed by atoms with Crippen molar-refractivity contribution in [3.8, 4) is 0 Å². The average Bonchev–Trinajstić information content (AvgIpc) is 2.86. The number of aromatic nitrogens is 1. The number of carbonyl (C=O) groups is 1. The lowest BCUT2D eigenvalue weighted by atomic mass is 10.1. The fraction of sp³-hybridized carbons (Fsp3) is 0.643. The number of amides is 1. The number of piperazine rings is 1. The topological polar surface area (TPSA) is 46.5 Å². The summed E-state index contributed by atoms with van der Waals surface area (Å²) in [6, 6.07) is 4.38. The van der Waals surface area contributed by atoms with Gasteiger partial charge in [0.1, 0.15) is 5.69 Å². The molecule has 1 aliphatic heterocycles. The molecule has 0 bridgehead atoms. The van der Waals surface area contributed by atoms with Crippen molar-refractivity contribution in [3.63, 3.8) is 0 Å². The molecule has 0 aromatic carbocycles. The van der Waals surface area contributed by atoms with Gasteiger partial charge in [-0.3, -0.25) is 4.79 Å². The first-order valence-corrected chi connectivity index (χ1v) is 6.82. The molecule has 0 radical (unpaired) electrons. The summed E-state index contributed by atoms with van der Waals surface area (Å²) in [5.41, 5.74) is 0.748. The summed E-state index contributed by atoms with van der Waals surface area (Å²) in [7, 11) is 1.67. The van der Waals surface area contributed by atoms with Crippen LogP contribution in [0.1, 0.15) is 24.3 Å². The van der Waals surface area contributed by atoms with E-state index in [2.05, 4.69) is 19.2 Å². The van der Waals surface area contributed by atoms with Gasteiger partial charge in [0.25, 0.3) is 5.91 Å². The maximum atomic E-state index is 12.6. The summed E-state index contributed by atoms with van der Waals surface area (Å²) in [5.74, 6) is 0.113. The number of hydrogen-bond acceptors (Lipinski definition) is 3. The van der Waals surface area contributed by atoms with Gasteiger partial charge >= 0.3 is 0 Å². The summed E-state index contributed by atoms with van der Waals surface area (Å²) in [4.78, 5) is 14.6. The molecule has 2 heterocycles. The highest BCUT2D eigenvalue weighted by molar-refractivity contribution is 5.93. The number of hydrogen-bond donors (Lipinski definition) is 1. The minimum Gasteiger partial charge on any atom is -0.383 e. The molecule has 2 unspecified atom stereocenters. The van der Waals surface area contributed by atoms with Crippen LogP contribution in [0.5, 0.6) is 0 Å². The molecule has 19 heavy (non-hydrogen) atoms. The molecule has 2 atom stereocenters. The number of ether oxygens (including phenoxy) is 1. The first-order chi connectivity index (χ1) is 9.13. The van der Waals surface area contributed by atoms with Crippen LogP contribution in [0.15, 0.2) is 18.3 Å². The van der Waals surface area contributed by atoms with E-state index in [9.17, 15) is 4.79 Å². The summed E-state index contributed by atoms with van der Waals surface area (Å²) in [6.45, 7) is 7.12. The van der Waals surface area contributed by atoms with Crippen LogP contribution in [-0.2, 0) is 11.3 Å².